The quantitative estimate of drug-likeness (QED) is 0.769. The molecule has 0 aromatic heterocycles. The van der Waals surface area contributed by atoms with Crippen molar-refractivity contribution in [2.45, 2.75) is 13.0 Å². The third kappa shape index (κ3) is 3.59. The van der Waals surface area contributed by atoms with E-state index in [1.165, 1.54) is 0 Å². The fourth-order valence-electron chi connectivity index (χ4n) is 1.21. The number of carbonyl (C=O) groups excluding carboxylic acids is 1. The normalized spacial score (nSPS) is 12.2. The fraction of sp³-hybridized carbons (Fsp3) is 0.364. The Morgan fingerprint density at radius 3 is 2.88 bits per heavy atom. The van der Waals surface area contributed by atoms with Crippen molar-refractivity contribution in [3.63, 3.8) is 0 Å². The Kier molecular flexibility index (Phi) is 4.92. The molecule has 4 nitrogen and oxygen atoms in total. The Morgan fingerprint density at radius 2 is 2.25 bits per heavy atom. The number of aryl methyl sites for hydroxylation is 1. The summed E-state index contributed by atoms with van der Waals surface area (Å²) in [4.78, 5) is 11.7. The van der Waals surface area contributed by atoms with Gasteiger partial charge in [0.05, 0.1) is 12.7 Å². The molecule has 0 heterocycles. The second-order valence-corrected chi connectivity index (χ2v) is 4.42. The van der Waals surface area contributed by atoms with Gasteiger partial charge in [-0.15, -0.1) is 0 Å². The molecule has 0 aliphatic rings. The monoisotopic (exact) mass is 287 g/mol. The highest BCUT2D eigenvalue weighted by Crippen LogP contribution is 2.15. The van der Waals surface area contributed by atoms with Crippen LogP contribution in [0.1, 0.15) is 15.9 Å². The molecule has 0 fully saturated rings. The lowest BCUT2D eigenvalue weighted by molar-refractivity contribution is 0.0801. The summed E-state index contributed by atoms with van der Waals surface area (Å²) in [5.41, 5.74) is 1.42. The molecule has 88 valence electrons. The molecule has 1 aromatic rings. The van der Waals surface area contributed by atoms with E-state index in [-0.39, 0.29) is 19.1 Å². The highest BCUT2D eigenvalue weighted by atomic mass is 79.9. The third-order valence-electron chi connectivity index (χ3n) is 2.15. The van der Waals surface area contributed by atoms with Gasteiger partial charge in [-0.05, 0) is 24.6 Å². The lowest BCUT2D eigenvalue weighted by atomic mass is 10.1. The summed E-state index contributed by atoms with van der Waals surface area (Å²) < 4.78 is 0.825. The van der Waals surface area contributed by atoms with Crippen molar-refractivity contribution in [1.82, 2.24) is 5.32 Å². The van der Waals surface area contributed by atoms with E-state index in [4.69, 9.17) is 10.2 Å². The van der Waals surface area contributed by atoms with Crippen molar-refractivity contribution in [2.24, 2.45) is 0 Å². The van der Waals surface area contributed by atoms with Crippen molar-refractivity contribution in [1.29, 1.82) is 0 Å². The summed E-state index contributed by atoms with van der Waals surface area (Å²) in [7, 11) is 0. The highest BCUT2D eigenvalue weighted by molar-refractivity contribution is 9.10. The summed E-state index contributed by atoms with van der Waals surface area (Å²) in [5, 5.41) is 20.3. The van der Waals surface area contributed by atoms with E-state index in [1.807, 2.05) is 19.1 Å². The fourth-order valence-corrected chi connectivity index (χ4v) is 1.57. The van der Waals surface area contributed by atoms with Crippen LogP contribution in [0.3, 0.4) is 0 Å². The third-order valence-corrected chi connectivity index (χ3v) is 2.65. The van der Waals surface area contributed by atoms with Crippen LogP contribution in [0, 0.1) is 6.92 Å². The Hall–Kier alpha value is -0.910. The Balaban J connectivity index is 2.69. The largest absolute Gasteiger partial charge is 0.394 e. The van der Waals surface area contributed by atoms with E-state index < -0.39 is 6.10 Å². The molecule has 3 N–H and O–H groups in total. The van der Waals surface area contributed by atoms with Gasteiger partial charge in [-0.2, -0.15) is 0 Å². The number of aliphatic hydroxyl groups is 2. The number of benzene rings is 1. The van der Waals surface area contributed by atoms with Crippen molar-refractivity contribution in [3.8, 4) is 0 Å². The Morgan fingerprint density at radius 1 is 1.56 bits per heavy atom. The van der Waals surface area contributed by atoms with E-state index in [9.17, 15) is 4.79 Å². The van der Waals surface area contributed by atoms with Gasteiger partial charge in [0, 0.05) is 16.6 Å². The summed E-state index contributed by atoms with van der Waals surface area (Å²) in [6, 6.07) is 5.41. The van der Waals surface area contributed by atoms with E-state index in [0.29, 0.717) is 5.56 Å². The Labute approximate surface area is 102 Å². The summed E-state index contributed by atoms with van der Waals surface area (Å²) >= 11 is 3.29. The van der Waals surface area contributed by atoms with Crippen LogP contribution in [0.25, 0.3) is 0 Å². The predicted molar refractivity (Wildman–Crippen MR) is 64.3 cm³/mol. The minimum atomic E-state index is -0.920. The van der Waals surface area contributed by atoms with Crippen molar-refractivity contribution >= 4 is 21.8 Å². The van der Waals surface area contributed by atoms with Gasteiger partial charge in [0.25, 0.3) is 5.91 Å². The number of hydrogen-bond acceptors (Lipinski definition) is 3. The van der Waals surface area contributed by atoms with Gasteiger partial charge in [0.2, 0.25) is 0 Å². The molecule has 1 aromatic carbocycles. The average molecular weight is 288 g/mol. The van der Waals surface area contributed by atoms with E-state index in [2.05, 4.69) is 21.2 Å². The molecule has 5 heteroatoms. The van der Waals surface area contributed by atoms with Gasteiger partial charge < -0.3 is 15.5 Å². The maximum atomic E-state index is 11.7. The number of halogens is 1. The standard InChI is InChI=1S/C11H14BrNO3/c1-7-2-3-8(12)4-10(7)11(16)13-5-9(15)6-14/h2-4,9,14-15H,5-6H2,1H3,(H,13,16). The molecule has 0 radical (unpaired) electrons. The number of rotatable bonds is 4. The van der Waals surface area contributed by atoms with Crippen molar-refractivity contribution < 1.29 is 15.0 Å². The molecule has 0 saturated heterocycles. The van der Waals surface area contributed by atoms with Crippen LogP contribution >= 0.6 is 15.9 Å². The molecular weight excluding hydrogens is 274 g/mol. The highest BCUT2D eigenvalue weighted by Gasteiger charge is 2.10. The van der Waals surface area contributed by atoms with Crippen molar-refractivity contribution in [2.75, 3.05) is 13.2 Å². The summed E-state index contributed by atoms with van der Waals surface area (Å²) in [6.45, 7) is 1.52. The molecular formula is C11H14BrNO3. The molecule has 16 heavy (non-hydrogen) atoms. The second-order valence-electron chi connectivity index (χ2n) is 3.51. The molecule has 1 rings (SSSR count). The summed E-state index contributed by atoms with van der Waals surface area (Å²) in [5.74, 6) is -0.258. The first kappa shape index (κ1) is 13.2. The molecule has 0 aliphatic carbocycles. The summed E-state index contributed by atoms with van der Waals surface area (Å²) in [6.07, 6.45) is -0.920. The van der Waals surface area contributed by atoms with Crippen LogP contribution in [0.2, 0.25) is 0 Å². The zero-order chi connectivity index (χ0) is 12.1. The number of hydrogen-bond donors (Lipinski definition) is 3. The van der Waals surface area contributed by atoms with Crippen LogP contribution in [0.15, 0.2) is 22.7 Å². The van der Waals surface area contributed by atoms with Crippen LogP contribution < -0.4 is 5.32 Å². The smallest absolute Gasteiger partial charge is 0.251 e. The maximum absolute atomic E-state index is 11.7. The van der Waals surface area contributed by atoms with Crippen LogP contribution in [-0.4, -0.2) is 35.4 Å². The maximum Gasteiger partial charge on any atom is 0.251 e. The number of aliphatic hydroxyl groups excluding tert-OH is 2. The minimum Gasteiger partial charge on any atom is -0.394 e. The van der Waals surface area contributed by atoms with E-state index in [0.717, 1.165) is 10.0 Å². The van der Waals surface area contributed by atoms with Crippen LogP contribution in [0.5, 0.6) is 0 Å². The van der Waals surface area contributed by atoms with Gasteiger partial charge in [-0.25, -0.2) is 0 Å². The lowest BCUT2D eigenvalue weighted by Gasteiger charge is -2.10. The van der Waals surface area contributed by atoms with Gasteiger partial charge in [-0.3, -0.25) is 4.79 Å². The predicted octanol–water partition coefficient (Wildman–Crippen LogP) is 0.841. The number of nitrogens with one attached hydrogen (secondary N) is 1. The van der Waals surface area contributed by atoms with E-state index >= 15 is 0 Å². The number of carbonyl (C=O) groups is 1. The molecule has 1 amide bonds. The molecule has 0 spiro atoms. The first-order valence-corrected chi connectivity index (χ1v) is 5.67. The van der Waals surface area contributed by atoms with Crippen molar-refractivity contribution in [3.05, 3.63) is 33.8 Å². The average Bonchev–Trinajstić information content (AvgIpc) is 2.28. The second kappa shape index (κ2) is 5.98. The first-order valence-electron chi connectivity index (χ1n) is 4.88. The van der Waals surface area contributed by atoms with Gasteiger partial charge >= 0.3 is 0 Å². The molecule has 1 unspecified atom stereocenters. The SMILES string of the molecule is Cc1ccc(Br)cc1C(=O)NCC(O)CO. The number of amides is 1. The van der Waals surface area contributed by atoms with Crippen LogP contribution in [0.4, 0.5) is 0 Å². The minimum absolute atomic E-state index is 0.0429. The zero-order valence-corrected chi connectivity index (χ0v) is 10.5. The van der Waals surface area contributed by atoms with Gasteiger partial charge in [0.1, 0.15) is 0 Å². The lowest BCUT2D eigenvalue weighted by Crippen LogP contribution is -2.34. The molecule has 0 saturated carbocycles. The van der Waals surface area contributed by atoms with E-state index in [1.54, 1.807) is 6.07 Å². The van der Waals surface area contributed by atoms with Crippen LogP contribution in [-0.2, 0) is 0 Å². The molecule has 1 atom stereocenters. The zero-order valence-electron chi connectivity index (χ0n) is 8.90. The van der Waals surface area contributed by atoms with Gasteiger partial charge in [0.15, 0.2) is 0 Å². The van der Waals surface area contributed by atoms with Gasteiger partial charge in [-0.1, -0.05) is 22.0 Å². The molecule has 0 bridgehead atoms. The topological polar surface area (TPSA) is 69.6 Å². The Bertz CT molecular complexity index is 381. The molecule has 0 aliphatic heterocycles. The first-order chi connectivity index (χ1) is 7.54.